The number of fused-ring (bicyclic) bond motifs is 1. The van der Waals surface area contributed by atoms with Crippen LogP contribution in [0.1, 0.15) is 15.9 Å². The zero-order valence-corrected chi connectivity index (χ0v) is 15.2. The van der Waals surface area contributed by atoms with E-state index in [9.17, 15) is 13.2 Å². The third-order valence-corrected chi connectivity index (χ3v) is 4.55. The second kappa shape index (κ2) is 7.58. The van der Waals surface area contributed by atoms with Gasteiger partial charge in [-0.1, -0.05) is 48.5 Å². The summed E-state index contributed by atoms with van der Waals surface area (Å²) >= 11 is 0. The maximum absolute atomic E-state index is 12.3. The lowest BCUT2D eigenvalue weighted by Gasteiger charge is -2.08. The first-order valence-electron chi connectivity index (χ1n) is 8.24. The average Bonchev–Trinajstić information content (AvgIpc) is 2.60. The Hall–Kier alpha value is -2.86. The van der Waals surface area contributed by atoms with Crippen LogP contribution in [0, 0.1) is 0 Å². The van der Waals surface area contributed by atoms with Crippen LogP contribution in [0.5, 0.6) is 0 Å². The van der Waals surface area contributed by atoms with Crippen molar-refractivity contribution >= 4 is 32.4 Å². The minimum absolute atomic E-state index is 0.233. The second-order valence-electron chi connectivity index (χ2n) is 6.14. The van der Waals surface area contributed by atoms with Gasteiger partial charge in [0.2, 0.25) is 10.0 Å². The van der Waals surface area contributed by atoms with Crippen LogP contribution in [0.4, 0.5) is 5.69 Å². The van der Waals surface area contributed by atoms with E-state index in [1.54, 1.807) is 18.2 Å². The molecule has 6 heteroatoms. The summed E-state index contributed by atoms with van der Waals surface area (Å²) in [4.78, 5) is 12.3. The summed E-state index contributed by atoms with van der Waals surface area (Å²) in [6.45, 7) is 0.501. The number of benzene rings is 3. The molecule has 26 heavy (non-hydrogen) atoms. The fraction of sp³-hybridized carbons (Fsp3) is 0.150. The van der Waals surface area contributed by atoms with E-state index in [2.05, 4.69) is 40.4 Å². The Bertz CT molecular complexity index is 1050. The summed E-state index contributed by atoms with van der Waals surface area (Å²) in [6, 6.07) is 20.8. The van der Waals surface area contributed by atoms with E-state index in [4.69, 9.17) is 0 Å². The van der Waals surface area contributed by atoms with Gasteiger partial charge in [-0.05, 0) is 41.0 Å². The molecule has 3 aromatic rings. The number of anilines is 1. The van der Waals surface area contributed by atoms with Gasteiger partial charge in [-0.2, -0.15) is 0 Å². The molecule has 0 spiro atoms. The molecule has 1 amide bonds. The molecule has 0 aliphatic carbocycles. The highest BCUT2D eigenvalue weighted by Crippen LogP contribution is 2.16. The molecule has 3 rings (SSSR count). The molecule has 0 heterocycles. The van der Waals surface area contributed by atoms with Crippen molar-refractivity contribution in [2.24, 2.45) is 0 Å². The van der Waals surface area contributed by atoms with Crippen LogP contribution in [0.15, 0.2) is 66.7 Å². The summed E-state index contributed by atoms with van der Waals surface area (Å²) < 4.78 is 25.0. The Morgan fingerprint density at radius 1 is 0.923 bits per heavy atom. The third kappa shape index (κ3) is 4.83. The van der Waals surface area contributed by atoms with Crippen molar-refractivity contribution in [3.05, 3.63) is 77.9 Å². The van der Waals surface area contributed by atoms with Crippen LogP contribution >= 0.6 is 0 Å². The Labute approximate surface area is 153 Å². The van der Waals surface area contributed by atoms with Crippen LogP contribution in [-0.4, -0.2) is 27.1 Å². The topological polar surface area (TPSA) is 75.3 Å². The monoisotopic (exact) mass is 368 g/mol. The predicted molar refractivity (Wildman–Crippen MR) is 105 cm³/mol. The van der Waals surface area contributed by atoms with Crippen LogP contribution in [-0.2, 0) is 16.4 Å². The first-order chi connectivity index (χ1) is 12.4. The number of hydrogen-bond acceptors (Lipinski definition) is 3. The van der Waals surface area contributed by atoms with Gasteiger partial charge in [0.1, 0.15) is 0 Å². The first-order valence-corrected chi connectivity index (χ1v) is 10.1. The molecule has 0 saturated heterocycles. The van der Waals surface area contributed by atoms with Crippen LogP contribution in [0.3, 0.4) is 0 Å². The molecule has 0 aromatic heterocycles. The Morgan fingerprint density at radius 3 is 2.46 bits per heavy atom. The van der Waals surface area contributed by atoms with E-state index in [0.29, 0.717) is 17.8 Å². The SMILES string of the molecule is CS(=O)(=O)Nc1cccc(C(=O)NCCc2ccc3ccccc3c2)c1. The summed E-state index contributed by atoms with van der Waals surface area (Å²) in [5.41, 5.74) is 1.93. The second-order valence-corrected chi connectivity index (χ2v) is 7.89. The Balaban J connectivity index is 1.60. The van der Waals surface area contributed by atoms with Crippen molar-refractivity contribution < 1.29 is 13.2 Å². The van der Waals surface area contributed by atoms with Gasteiger partial charge in [-0.3, -0.25) is 9.52 Å². The van der Waals surface area contributed by atoms with Crippen LogP contribution in [0.25, 0.3) is 10.8 Å². The molecular formula is C20H20N2O3S. The van der Waals surface area contributed by atoms with Gasteiger partial charge < -0.3 is 5.32 Å². The van der Waals surface area contributed by atoms with E-state index >= 15 is 0 Å². The van der Waals surface area contributed by atoms with Gasteiger partial charge in [-0.25, -0.2) is 8.42 Å². The van der Waals surface area contributed by atoms with Gasteiger partial charge in [-0.15, -0.1) is 0 Å². The van der Waals surface area contributed by atoms with Crippen molar-refractivity contribution in [3.63, 3.8) is 0 Å². The van der Waals surface area contributed by atoms with Gasteiger partial charge in [0.25, 0.3) is 5.91 Å². The number of carbonyl (C=O) groups excluding carboxylic acids is 1. The summed E-state index contributed by atoms with van der Waals surface area (Å²) in [5.74, 6) is -0.233. The lowest BCUT2D eigenvalue weighted by atomic mass is 10.1. The van der Waals surface area contributed by atoms with Gasteiger partial charge >= 0.3 is 0 Å². The maximum Gasteiger partial charge on any atom is 0.251 e. The largest absolute Gasteiger partial charge is 0.352 e. The highest BCUT2D eigenvalue weighted by molar-refractivity contribution is 7.92. The summed E-state index contributed by atoms with van der Waals surface area (Å²) in [7, 11) is -3.37. The van der Waals surface area contributed by atoms with Crippen molar-refractivity contribution in [2.45, 2.75) is 6.42 Å². The molecule has 0 radical (unpaired) electrons. The summed E-state index contributed by atoms with van der Waals surface area (Å²) in [5, 5.41) is 5.24. The Kier molecular flexibility index (Phi) is 5.23. The van der Waals surface area contributed by atoms with Crippen LogP contribution < -0.4 is 10.0 Å². The fourth-order valence-electron chi connectivity index (χ4n) is 2.75. The molecule has 0 fully saturated rings. The number of sulfonamides is 1. The van der Waals surface area contributed by atoms with E-state index in [0.717, 1.165) is 18.2 Å². The van der Waals surface area contributed by atoms with E-state index < -0.39 is 10.0 Å². The van der Waals surface area contributed by atoms with Gasteiger partial charge in [0, 0.05) is 17.8 Å². The van der Waals surface area contributed by atoms with Crippen LogP contribution in [0.2, 0.25) is 0 Å². The molecule has 0 atom stereocenters. The third-order valence-electron chi connectivity index (χ3n) is 3.94. The maximum atomic E-state index is 12.3. The van der Waals surface area contributed by atoms with Crippen molar-refractivity contribution in [3.8, 4) is 0 Å². The van der Waals surface area contributed by atoms with Crippen molar-refractivity contribution in [1.82, 2.24) is 5.32 Å². The molecule has 0 unspecified atom stereocenters. The molecule has 2 N–H and O–H groups in total. The minimum atomic E-state index is -3.37. The van der Waals surface area contributed by atoms with Crippen molar-refractivity contribution in [1.29, 1.82) is 0 Å². The van der Waals surface area contributed by atoms with Crippen molar-refractivity contribution in [2.75, 3.05) is 17.5 Å². The molecule has 0 aliphatic heterocycles. The highest BCUT2D eigenvalue weighted by atomic mass is 32.2. The number of rotatable bonds is 6. The Morgan fingerprint density at radius 2 is 1.69 bits per heavy atom. The lowest BCUT2D eigenvalue weighted by Crippen LogP contribution is -2.25. The molecule has 134 valence electrons. The van der Waals surface area contributed by atoms with Gasteiger partial charge in [0.05, 0.1) is 6.26 Å². The smallest absolute Gasteiger partial charge is 0.251 e. The molecule has 5 nitrogen and oxygen atoms in total. The van der Waals surface area contributed by atoms with E-state index in [-0.39, 0.29) is 5.91 Å². The minimum Gasteiger partial charge on any atom is -0.352 e. The number of nitrogens with one attached hydrogen (secondary N) is 2. The number of hydrogen-bond donors (Lipinski definition) is 2. The molecular weight excluding hydrogens is 348 g/mol. The predicted octanol–water partition coefficient (Wildman–Crippen LogP) is 3.18. The first kappa shape index (κ1) is 17.9. The lowest BCUT2D eigenvalue weighted by molar-refractivity contribution is 0.0954. The molecule has 0 saturated carbocycles. The van der Waals surface area contributed by atoms with E-state index in [1.165, 1.54) is 16.8 Å². The quantitative estimate of drug-likeness (QED) is 0.702. The number of carbonyl (C=O) groups is 1. The zero-order chi connectivity index (χ0) is 18.6. The fourth-order valence-corrected chi connectivity index (χ4v) is 3.31. The normalized spacial score (nSPS) is 11.3. The van der Waals surface area contributed by atoms with Gasteiger partial charge in [0.15, 0.2) is 0 Å². The number of amides is 1. The highest BCUT2D eigenvalue weighted by Gasteiger charge is 2.08. The molecule has 3 aromatic carbocycles. The zero-order valence-electron chi connectivity index (χ0n) is 14.4. The van der Waals surface area contributed by atoms with E-state index in [1.807, 2.05) is 12.1 Å². The molecule has 0 aliphatic rings. The summed E-state index contributed by atoms with van der Waals surface area (Å²) in [6.07, 6.45) is 1.79. The average molecular weight is 368 g/mol. The standard InChI is InChI=1S/C20H20N2O3S/c1-26(24,25)22-19-8-4-7-18(14-19)20(23)21-12-11-15-9-10-16-5-2-3-6-17(16)13-15/h2-10,13-14,22H,11-12H2,1H3,(H,21,23). The molecule has 0 bridgehead atoms.